The van der Waals surface area contributed by atoms with Crippen LogP contribution in [0.2, 0.25) is 0 Å². The van der Waals surface area contributed by atoms with Gasteiger partial charge in [0.25, 0.3) is 5.91 Å². The Morgan fingerprint density at radius 2 is 2.05 bits per heavy atom. The Morgan fingerprint density at radius 3 is 2.75 bits per heavy atom. The van der Waals surface area contributed by atoms with Crippen molar-refractivity contribution in [2.75, 3.05) is 18.4 Å². The van der Waals surface area contributed by atoms with Crippen molar-refractivity contribution < 1.29 is 9.18 Å². The number of halogens is 1. The molecule has 1 amide bonds. The van der Waals surface area contributed by atoms with E-state index in [1.54, 1.807) is 23.4 Å². The lowest BCUT2D eigenvalue weighted by Gasteiger charge is -2.39. The first-order valence-electron chi connectivity index (χ1n) is 6.16. The predicted octanol–water partition coefficient (Wildman–Crippen LogP) is 0.947. The van der Waals surface area contributed by atoms with Gasteiger partial charge in [0.15, 0.2) is 5.82 Å². The summed E-state index contributed by atoms with van der Waals surface area (Å²) >= 11 is 0. The smallest absolute Gasteiger partial charge is 0.257 e. The third kappa shape index (κ3) is 2.42. The zero-order chi connectivity index (χ0) is 13.9. The summed E-state index contributed by atoms with van der Waals surface area (Å²) in [5.41, 5.74) is 0.0504. The number of carbonyl (C=O) groups excluding carboxylic acids is 1. The summed E-state index contributed by atoms with van der Waals surface area (Å²) in [6.07, 6.45) is 5.73. The van der Waals surface area contributed by atoms with Gasteiger partial charge >= 0.3 is 0 Å². The third-order valence-corrected chi connectivity index (χ3v) is 3.07. The van der Waals surface area contributed by atoms with Crippen LogP contribution in [0.1, 0.15) is 10.4 Å². The summed E-state index contributed by atoms with van der Waals surface area (Å²) in [4.78, 5) is 25.3. The Morgan fingerprint density at radius 1 is 1.30 bits per heavy atom. The minimum absolute atomic E-state index is 0.0504. The molecule has 0 atom stereocenters. The normalized spacial score (nSPS) is 14.8. The summed E-state index contributed by atoms with van der Waals surface area (Å²) < 4.78 is 13.5. The van der Waals surface area contributed by atoms with Gasteiger partial charge in [-0.15, -0.1) is 0 Å². The molecule has 20 heavy (non-hydrogen) atoms. The quantitative estimate of drug-likeness (QED) is 0.901. The Bertz CT molecular complexity index is 615. The zero-order valence-corrected chi connectivity index (χ0v) is 10.5. The summed E-state index contributed by atoms with van der Waals surface area (Å²) in [6, 6.07) is 3.21. The predicted molar refractivity (Wildman–Crippen MR) is 69.5 cm³/mol. The number of amides is 1. The maximum absolute atomic E-state index is 13.5. The van der Waals surface area contributed by atoms with Crippen molar-refractivity contribution in [2.24, 2.45) is 0 Å². The summed E-state index contributed by atoms with van der Waals surface area (Å²) in [5.74, 6) is -0.392. The standard InChI is InChI=1S/C13H12FN5O/c14-11-6-15-5-2-10(11)12(20)19-7-9(8-19)18-13-16-3-1-4-17-13/h1-6,9H,7-8H2,(H,16,17,18). The molecule has 3 rings (SSSR count). The highest BCUT2D eigenvalue weighted by Crippen LogP contribution is 2.17. The first kappa shape index (κ1) is 12.5. The van der Waals surface area contributed by atoms with Crippen molar-refractivity contribution in [1.29, 1.82) is 0 Å². The second kappa shape index (κ2) is 5.20. The van der Waals surface area contributed by atoms with Gasteiger partial charge in [-0.05, 0) is 12.1 Å². The van der Waals surface area contributed by atoms with E-state index in [0.29, 0.717) is 19.0 Å². The molecule has 2 aromatic rings. The Labute approximate surface area is 114 Å². The highest BCUT2D eigenvalue weighted by molar-refractivity contribution is 5.95. The fourth-order valence-corrected chi connectivity index (χ4v) is 2.01. The number of hydrogen-bond donors (Lipinski definition) is 1. The molecule has 0 saturated carbocycles. The van der Waals surface area contributed by atoms with E-state index < -0.39 is 5.82 Å². The second-order valence-electron chi connectivity index (χ2n) is 4.48. The number of anilines is 1. The van der Waals surface area contributed by atoms with Crippen LogP contribution in [-0.4, -0.2) is 44.9 Å². The van der Waals surface area contributed by atoms with E-state index in [0.717, 1.165) is 6.20 Å². The van der Waals surface area contributed by atoms with Crippen LogP contribution in [0.15, 0.2) is 36.9 Å². The Kier molecular flexibility index (Phi) is 3.24. The molecule has 0 spiro atoms. The van der Waals surface area contributed by atoms with Crippen molar-refractivity contribution in [2.45, 2.75) is 6.04 Å². The van der Waals surface area contributed by atoms with E-state index in [9.17, 15) is 9.18 Å². The van der Waals surface area contributed by atoms with Crippen molar-refractivity contribution in [3.8, 4) is 0 Å². The summed E-state index contributed by atoms with van der Waals surface area (Å²) in [7, 11) is 0. The van der Waals surface area contributed by atoms with Gasteiger partial charge in [-0.25, -0.2) is 14.4 Å². The van der Waals surface area contributed by atoms with E-state index >= 15 is 0 Å². The van der Waals surface area contributed by atoms with E-state index in [1.807, 2.05) is 0 Å². The van der Waals surface area contributed by atoms with Crippen LogP contribution in [0.25, 0.3) is 0 Å². The monoisotopic (exact) mass is 273 g/mol. The average molecular weight is 273 g/mol. The van der Waals surface area contributed by atoms with E-state index in [4.69, 9.17) is 0 Å². The number of nitrogens with zero attached hydrogens (tertiary/aromatic N) is 4. The van der Waals surface area contributed by atoms with E-state index in [1.165, 1.54) is 12.3 Å². The number of aromatic nitrogens is 3. The molecule has 2 aromatic heterocycles. The molecular formula is C13H12FN5O. The minimum atomic E-state index is -0.597. The van der Waals surface area contributed by atoms with Crippen LogP contribution in [0, 0.1) is 5.82 Å². The van der Waals surface area contributed by atoms with Gasteiger partial charge in [0.05, 0.1) is 17.8 Å². The zero-order valence-electron chi connectivity index (χ0n) is 10.5. The molecule has 1 aliphatic heterocycles. The lowest BCUT2D eigenvalue weighted by molar-refractivity contribution is 0.0619. The Balaban J connectivity index is 1.58. The molecule has 1 saturated heterocycles. The summed E-state index contributed by atoms with van der Waals surface area (Å²) in [6.45, 7) is 0.998. The van der Waals surface area contributed by atoms with Crippen LogP contribution in [-0.2, 0) is 0 Å². The third-order valence-electron chi connectivity index (χ3n) is 3.07. The van der Waals surface area contributed by atoms with Gasteiger partial charge in [-0.1, -0.05) is 0 Å². The number of likely N-dealkylation sites (tertiary alicyclic amines) is 1. The average Bonchev–Trinajstić information content (AvgIpc) is 2.43. The maximum Gasteiger partial charge on any atom is 0.257 e. The topological polar surface area (TPSA) is 71.0 Å². The van der Waals surface area contributed by atoms with Crippen molar-refractivity contribution >= 4 is 11.9 Å². The van der Waals surface area contributed by atoms with Crippen LogP contribution in [0.4, 0.5) is 10.3 Å². The molecular weight excluding hydrogens is 261 g/mol. The van der Waals surface area contributed by atoms with Crippen LogP contribution in [0.3, 0.4) is 0 Å². The van der Waals surface area contributed by atoms with E-state index in [-0.39, 0.29) is 17.5 Å². The highest BCUT2D eigenvalue weighted by atomic mass is 19.1. The SMILES string of the molecule is O=C(c1ccncc1F)N1CC(Nc2ncccn2)C1. The molecule has 0 aliphatic carbocycles. The molecule has 6 nitrogen and oxygen atoms in total. The van der Waals surface area contributed by atoms with Crippen LogP contribution < -0.4 is 5.32 Å². The first-order valence-corrected chi connectivity index (χ1v) is 6.16. The molecule has 0 aromatic carbocycles. The van der Waals surface area contributed by atoms with Gasteiger partial charge < -0.3 is 10.2 Å². The largest absolute Gasteiger partial charge is 0.348 e. The van der Waals surface area contributed by atoms with Gasteiger partial charge in [-0.2, -0.15) is 0 Å². The molecule has 1 fully saturated rings. The van der Waals surface area contributed by atoms with Gasteiger partial charge in [0.1, 0.15) is 0 Å². The molecule has 1 N–H and O–H groups in total. The maximum atomic E-state index is 13.5. The van der Waals surface area contributed by atoms with Crippen LogP contribution >= 0.6 is 0 Å². The summed E-state index contributed by atoms with van der Waals surface area (Å²) in [5, 5.41) is 3.11. The lowest BCUT2D eigenvalue weighted by Crippen LogP contribution is -2.57. The number of hydrogen-bond acceptors (Lipinski definition) is 5. The minimum Gasteiger partial charge on any atom is -0.348 e. The molecule has 1 aliphatic rings. The molecule has 0 unspecified atom stereocenters. The van der Waals surface area contributed by atoms with Gasteiger partial charge in [0.2, 0.25) is 5.95 Å². The van der Waals surface area contributed by atoms with Crippen LogP contribution in [0.5, 0.6) is 0 Å². The van der Waals surface area contributed by atoms with Crippen molar-refractivity contribution in [3.63, 3.8) is 0 Å². The molecule has 102 valence electrons. The molecule has 0 radical (unpaired) electrons. The first-order chi connectivity index (χ1) is 9.74. The van der Waals surface area contributed by atoms with Gasteiger partial charge in [0, 0.05) is 31.7 Å². The molecule has 3 heterocycles. The fourth-order valence-electron chi connectivity index (χ4n) is 2.01. The number of nitrogens with one attached hydrogen (secondary N) is 1. The van der Waals surface area contributed by atoms with Crippen molar-refractivity contribution in [3.05, 3.63) is 48.3 Å². The number of pyridine rings is 1. The lowest BCUT2D eigenvalue weighted by atomic mass is 10.1. The van der Waals surface area contributed by atoms with Crippen molar-refractivity contribution in [1.82, 2.24) is 19.9 Å². The molecule has 7 heteroatoms. The van der Waals surface area contributed by atoms with Gasteiger partial charge in [-0.3, -0.25) is 9.78 Å². The highest BCUT2D eigenvalue weighted by Gasteiger charge is 2.32. The number of rotatable bonds is 3. The molecule has 0 bridgehead atoms. The van der Waals surface area contributed by atoms with E-state index in [2.05, 4.69) is 20.3 Å². The Hall–Kier alpha value is -2.57. The number of carbonyl (C=O) groups is 1. The fraction of sp³-hybridized carbons (Fsp3) is 0.231. The second-order valence-corrected chi connectivity index (χ2v) is 4.48.